The van der Waals surface area contributed by atoms with Gasteiger partial charge in [0.05, 0.1) is 16.2 Å². The van der Waals surface area contributed by atoms with E-state index in [9.17, 15) is 15.2 Å². The number of fused-ring (bicyclic) bond motifs is 1. The maximum Gasteiger partial charge on any atom is 0.300 e. The van der Waals surface area contributed by atoms with Crippen molar-refractivity contribution in [2.45, 2.75) is 18.4 Å². The van der Waals surface area contributed by atoms with Crippen LogP contribution >= 0.6 is 11.6 Å². The molecular formula is C17H15ClN4O4. The van der Waals surface area contributed by atoms with E-state index in [1.54, 1.807) is 18.2 Å². The fourth-order valence-corrected chi connectivity index (χ4v) is 3.54. The molecule has 0 amide bonds. The smallest absolute Gasteiger partial charge is 0.300 e. The summed E-state index contributed by atoms with van der Waals surface area (Å²) in [6.07, 6.45) is 1.02. The van der Waals surface area contributed by atoms with E-state index in [-0.39, 0.29) is 11.2 Å². The highest BCUT2D eigenvalue weighted by atomic mass is 35.5. The minimum Gasteiger partial charge on any atom is -0.385 e. The molecule has 0 aliphatic carbocycles. The van der Waals surface area contributed by atoms with Crippen molar-refractivity contribution in [1.29, 1.82) is 0 Å². The van der Waals surface area contributed by atoms with Gasteiger partial charge in [0.2, 0.25) is 5.52 Å². The lowest BCUT2D eigenvalue weighted by atomic mass is 9.84. The van der Waals surface area contributed by atoms with Crippen molar-refractivity contribution >= 4 is 34.0 Å². The lowest BCUT2D eigenvalue weighted by molar-refractivity contribution is -0.383. The predicted molar refractivity (Wildman–Crippen MR) is 95.3 cm³/mol. The van der Waals surface area contributed by atoms with Gasteiger partial charge in [0.1, 0.15) is 0 Å². The highest BCUT2D eigenvalue weighted by molar-refractivity contribution is 6.30. The van der Waals surface area contributed by atoms with Crippen LogP contribution in [0.1, 0.15) is 18.4 Å². The Bertz CT molecular complexity index is 965. The van der Waals surface area contributed by atoms with E-state index < -0.39 is 10.5 Å². The molecule has 8 nitrogen and oxygen atoms in total. The van der Waals surface area contributed by atoms with Crippen molar-refractivity contribution in [3.8, 4) is 0 Å². The number of benzene rings is 2. The Kier molecular flexibility index (Phi) is 4.01. The van der Waals surface area contributed by atoms with Crippen LogP contribution in [0.4, 0.5) is 11.4 Å². The number of non-ortho nitro benzene ring substituents is 1. The number of nitrogens with zero attached hydrogens (tertiary/aromatic N) is 4. The Morgan fingerprint density at radius 3 is 2.42 bits per heavy atom. The van der Waals surface area contributed by atoms with Crippen LogP contribution in [-0.4, -0.2) is 33.4 Å². The fourth-order valence-electron chi connectivity index (χ4n) is 3.41. The number of anilines is 1. The Morgan fingerprint density at radius 2 is 1.77 bits per heavy atom. The molecule has 134 valence electrons. The first-order valence-corrected chi connectivity index (χ1v) is 8.49. The molecule has 1 fully saturated rings. The fraction of sp³-hybridized carbons (Fsp3) is 0.294. The van der Waals surface area contributed by atoms with Gasteiger partial charge in [0, 0.05) is 24.2 Å². The van der Waals surface area contributed by atoms with Crippen molar-refractivity contribution in [1.82, 2.24) is 10.3 Å². The number of aliphatic hydroxyl groups is 1. The lowest BCUT2D eigenvalue weighted by Gasteiger charge is -2.39. The van der Waals surface area contributed by atoms with Crippen LogP contribution in [0.5, 0.6) is 0 Å². The van der Waals surface area contributed by atoms with E-state index in [0.29, 0.717) is 42.2 Å². The third-order valence-corrected chi connectivity index (χ3v) is 5.13. The average molecular weight is 375 g/mol. The van der Waals surface area contributed by atoms with Crippen molar-refractivity contribution in [2.75, 3.05) is 18.0 Å². The Balaban J connectivity index is 1.60. The zero-order valence-corrected chi connectivity index (χ0v) is 14.4. The number of hydrogen-bond acceptors (Lipinski definition) is 7. The van der Waals surface area contributed by atoms with Gasteiger partial charge >= 0.3 is 5.69 Å². The van der Waals surface area contributed by atoms with E-state index in [0.717, 1.165) is 5.56 Å². The maximum atomic E-state index is 11.1. The summed E-state index contributed by atoms with van der Waals surface area (Å²) in [5, 5.41) is 30.2. The second-order valence-electron chi connectivity index (χ2n) is 6.35. The highest BCUT2D eigenvalue weighted by Crippen LogP contribution is 2.37. The summed E-state index contributed by atoms with van der Waals surface area (Å²) in [5.74, 6) is 0. The molecule has 0 saturated carbocycles. The molecule has 9 heteroatoms. The number of rotatable bonds is 3. The van der Waals surface area contributed by atoms with Crippen LogP contribution in [0.25, 0.3) is 11.0 Å². The molecule has 1 aliphatic heterocycles. The topological polar surface area (TPSA) is 106 Å². The molecule has 0 bridgehead atoms. The number of nitro benzene ring substituents is 1. The zero-order chi connectivity index (χ0) is 18.3. The molecule has 1 N–H and O–H groups in total. The number of piperidine rings is 1. The summed E-state index contributed by atoms with van der Waals surface area (Å²) in [4.78, 5) is 12.6. The minimum absolute atomic E-state index is 0.131. The molecule has 3 aromatic rings. The molecule has 2 heterocycles. The van der Waals surface area contributed by atoms with E-state index >= 15 is 0 Å². The minimum atomic E-state index is -0.928. The Labute approximate surface area is 153 Å². The SMILES string of the molecule is O=[N+]([O-])c1ccc(N2CCC(O)(c3ccc(Cl)cc3)CC2)c2nonc12. The van der Waals surface area contributed by atoms with Crippen LogP contribution in [0, 0.1) is 10.1 Å². The van der Waals surface area contributed by atoms with Gasteiger partial charge in [-0.15, -0.1) is 0 Å². The molecule has 1 aliphatic rings. The first-order valence-electron chi connectivity index (χ1n) is 8.11. The molecule has 0 spiro atoms. The van der Waals surface area contributed by atoms with Crippen LogP contribution in [0.15, 0.2) is 41.0 Å². The normalized spacial score (nSPS) is 16.8. The maximum absolute atomic E-state index is 11.1. The number of halogens is 1. The summed E-state index contributed by atoms with van der Waals surface area (Å²) in [6.45, 7) is 1.14. The average Bonchev–Trinajstić information content (AvgIpc) is 3.12. The van der Waals surface area contributed by atoms with E-state index in [4.69, 9.17) is 16.2 Å². The Hall–Kier alpha value is -2.71. The van der Waals surface area contributed by atoms with Crippen LogP contribution < -0.4 is 4.90 Å². The summed E-state index contributed by atoms with van der Waals surface area (Å²) >= 11 is 5.92. The first-order chi connectivity index (χ1) is 12.5. The lowest BCUT2D eigenvalue weighted by Crippen LogP contribution is -2.42. The van der Waals surface area contributed by atoms with Gasteiger partial charge in [-0.3, -0.25) is 10.1 Å². The second kappa shape index (κ2) is 6.22. The second-order valence-corrected chi connectivity index (χ2v) is 6.78. The summed E-state index contributed by atoms with van der Waals surface area (Å²) < 4.78 is 4.72. The van der Waals surface area contributed by atoms with Gasteiger partial charge in [-0.05, 0) is 46.9 Å². The quantitative estimate of drug-likeness (QED) is 0.554. The summed E-state index contributed by atoms with van der Waals surface area (Å²) in [5.41, 5.74) is 0.966. The molecule has 0 radical (unpaired) electrons. The van der Waals surface area contributed by atoms with Gasteiger partial charge in [-0.2, -0.15) is 0 Å². The highest BCUT2D eigenvalue weighted by Gasteiger charge is 2.35. The monoisotopic (exact) mass is 374 g/mol. The zero-order valence-electron chi connectivity index (χ0n) is 13.6. The molecule has 4 rings (SSSR count). The molecule has 0 unspecified atom stereocenters. The van der Waals surface area contributed by atoms with Gasteiger partial charge < -0.3 is 10.0 Å². The largest absolute Gasteiger partial charge is 0.385 e. The van der Waals surface area contributed by atoms with Crippen LogP contribution in [0.3, 0.4) is 0 Å². The third-order valence-electron chi connectivity index (χ3n) is 4.88. The van der Waals surface area contributed by atoms with Crippen LogP contribution in [-0.2, 0) is 5.60 Å². The molecule has 1 aromatic heterocycles. The Morgan fingerprint density at radius 1 is 1.12 bits per heavy atom. The van der Waals surface area contributed by atoms with E-state index in [2.05, 4.69) is 10.3 Å². The van der Waals surface area contributed by atoms with Crippen LogP contribution in [0.2, 0.25) is 5.02 Å². The van der Waals surface area contributed by atoms with Crippen molar-refractivity contribution in [3.05, 3.63) is 57.1 Å². The van der Waals surface area contributed by atoms with E-state index in [1.807, 2.05) is 17.0 Å². The van der Waals surface area contributed by atoms with Crippen molar-refractivity contribution in [3.63, 3.8) is 0 Å². The third kappa shape index (κ3) is 2.77. The predicted octanol–water partition coefficient (Wildman–Crippen LogP) is 3.27. The van der Waals surface area contributed by atoms with Crippen molar-refractivity contribution < 1.29 is 14.7 Å². The number of hydrogen-bond donors (Lipinski definition) is 1. The molecular weight excluding hydrogens is 360 g/mol. The van der Waals surface area contributed by atoms with E-state index in [1.165, 1.54) is 6.07 Å². The van der Waals surface area contributed by atoms with Crippen molar-refractivity contribution in [2.24, 2.45) is 0 Å². The number of aromatic nitrogens is 2. The first kappa shape index (κ1) is 16.7. The molecule has 2 aromatic carbocycles. The molecule has 26 heavy (non-hydrogen) atoms. The standard InChI is InChI=1S/C17H15ClN4O4/c18-12-3-1-11(2-4-12)17(23)7-9-21(10-8-17)13-5-6-14(22(24)25)16-15(13)19-26-20-16/h1-6,23H,7-10H2. The van der Waals surface area contributed by atoms with Gasteiger partial charge in [-0.1, -0.05) is 23.7 Å². The number of nitro groups is 1. The van der Waals surface area contributed by atoms with Gasteiger partial charge in [0.25, 0.3) is 0 Å². The van der Waals surface area contributed by atoms with Gasteiger partial charge in [0.15, 0.2) is 5.52 Å². The molecule has 1 saturated heterocycles. The van der Waals surface area contributed by atoms with Gasteiger partial charge in [-0.25, -0.2) is 4.63 Å². The summed E-state index contributed by atoms with van der Waals surface area (Å²) in [7, 11) is 0. The summed E-state index contributed by atoms with van der Waals surface area (Å²) in [6, 6.07) is 10.3. The molecule has 0 atom stereocenters.